The van der Waals surface area contributed by atoms with Crippen molar-refractivity contribution in [2.45, 2.75) is 71.6 Å². The zero-order chi connectivity index (χ0) is 34.3. The fourth-order valence-corrected chi connectivity index (χ4v) is 7.81. The average molecular weight is 640 g/mol. The zero-order valence-electron chi connectivity index (χ0n) is 30.0. The lowest BCUT2D eigenvalue weighted by Gasteiger charge is -2.28. The summed E-state index contributed by atoms with van der Waals surface area (Å²) < 4.78 is 7.01. The summed E-state index contributed by atoms with van der Waals surface area (Å²) >= 11 is 0. The molecule has 0 radical (unpaired) electrons. The van der Waals surface area contributed by atoms with E-state index in [9.17, 15) is 0 Å². The lowest BCUT2D eigenvalue weighted by Crippen LogP contribution is -2.16. The second kappa shape index (κ2) is 11.0. The standard InChI is InChI=1S/C47H45NO/c1-45(2,3)32-27-40(46(4,5)6)43-37-18-14-20-41(44(37)49-42(43)28-32)48(33-23-21-31(22-24-33)30-15-10-9-11-16-30)34-25-26-36-35-17-12-13-19-38(35)47(7,8)39(36)29-34/h9-29H,1-8H3. The van der Waals surface area contributed by atoms with Gasteiger partial charge < -0.3 is 9.32 Å². The summed E-state index contributed by atoms with van der Waals surface area (Å²) in [4.78, 5) is 2.39. The second-order valence-corrected chi connectivity index (χ2v) is 16.3. The second-order valence-electron chi connectivity index (χ2n) is 16.3. The Morgan fingerprint density at radius 2 is 1.20 bits per heavy atom. The summed E-state index contributed by atoms with van der Waals surface area (Å²) in [6.07, 6.45) is 0. The van der Waals surface area contributed by atoms with E-state index in [1.54, 1.807) is 0 Å². The van der Waals surface area contributed by atoms with Gasteiger partial charge in [-0.2, -0.15) is 0 Å². The number of benzene rings is 6. The lowest BCUT2D eigenvalue weighted by molar-refractivity contribution is 0.569. The number of para-hydroxylation sites is 1. The van der Waals surface area contributed by atoms with E-state index >= 15 is 0 Å². The first-order valence-electron chi connectivity index (χ1n) is 17.5. The van der Waals surface area contributed by atoms with Crippen molar-refractivity contribution in [3.63, 3.8) is 0 Å². The molecule has 6 aromatic carbocycles. The van der Waals surface area contributed by atoms with Gasteiger partial charge in [0, 0.05) is 27.6 Å². The molecule has 0 aliphatic heterocycles. The van der Waals surface area contributed by atoms with Crippen LogP contribution in [0.1, 0.15) is 77.6 Å². The highest BCUT2D eigenvalue weighted by atomic mass is 16.3. The van der Waals surface area contributed by atoms with E-state index in [0.717, 1.165) is 33.6 Å². The number of nitrogens with zero attached hydrogens (tertiary/aromatic N) is 1. The molecule has 7 aromatic rings. The lowest BCUT2D eigenvalue weighted by atomic mass is 9.79. The SMILES string of the molecule is CC(C)(C)c1cc(C(C)(C)C)c2c(c1)oc1c(N(c3ccc(-c4ccccc4)cc3)c3ccc4c(c3)C(C)(C)c3ccccc3-4)cccc12. The predicted molar refractivity (Wildman–Crippen MR) is 209 cm³/mol. The third kappa shape index (κ3) is 5.08. The van der Waals surface area contributed by atoms with E-state index in [4.69, 9.17) is 4.42 Å². The maximum absolute atomic E-state index is 7.01. The van der Waals surface area contributed by atoms with Crippen molar-refractivity contribution >= 4 is 39.0 Å². The van der Waals surface area contributed by atoms with E-state index in [0.29, 0.717) is 0 Å². The highest BCUT2D eigenvalue weighted by Crippen LogP contribution is 2.52. The van der Waals surface area contributed by atoms with Crippen LogP contribution in [0.3, 0.4) is 0 Å². The number of rotatable bonds is 4. The summed E-state index contributed by atoms with van der Waals surface area (Å²) in [5.41, 5.74) is 15.3. The van der Waals surface area contributed by atoms with Gasteiger partial charge in [0.25, 0.3) is 0 Å². The number of anilines is 3. The first-order chi connectivity index (χ1) is 23.3. The summed E-state index contributed by atoms with van der Waals surface area (Å²) in [5, 5.41) is 2.36. The highest BCUT2D eigenvalue weighted by Gasteiger charge is 2.36. The van der Waals surface area contributed by atoms with Crippen molar-refractivity contribution in [3.8, 4) is 22.3 Å². The first kappa shape index (κ1) is 31.2. The highest BCUT2D eigenvalue weighted by molar-refractivity contribution is 6.12. The molecule has 2 heteroatoms. The van der Waals surface area contributed by atoms with E-state index in [1.807, 2.05) is 0 Å². The van der Waals surface area contributed by atoms with Crippen LogP contribution in [-0.2, 0) is 16.2 Å². The molecule has 8 rings (SSSR count). The monoisotopic (exact) mass is 639 g/mol. The molecule has 0 atom stereocenters. The molecule has 1 aliphatic carbocycles. The van der Waals surface area contributed by atoms with Crippen LogP contribution in [0, 0.1) is 0 Å². The summed E-state index contributed by atoms with van der Waals surface area (Å²) in [5.74, 6) is 0. The molecule has 0 fully saturated rings. The van der Waals surface area contributed by atoms with Crippen LogP contribution in [0.5, 0.6) is 0 Å². The average Bonchev–Trinajstić information content (AvgIpc) is 3.57. The minimum absolute atomic E-state index is 0.00265. The van der Waals surface area contributed by atoms with Gasteiger partial charge >= 0.3 is 0 Å². The fraction of sp³-hybridized carbons (Fsp3) is 0.234. The Hall–Kier alpha value is -5.08. The molecule has 0 unspecified atom stereocenters. The van der Waals surface area contributed by atoms with E-state index in [2.05, 4.69) is 188 Å². The van der Waals surface area contributed by atoms with Crippen LogP contribution in [0.4, 0.5) is 17.1 Å². The Morgan fingerprint density at radius 1 is 0.551 bits per heavy atom. The van der Waals surface area contributed by atoms with Gasteiger partial charge in [-0.25, -0.2) is 0 Å². The van der Waals surface area contributed by atoms with Crippen LogP contribution in [-0.4, -0.2) is 0 Å². The zero-order valence-corrected chi connectivity index (χ0v) is 30.0. The van der Waals surface area contributed by atoms with Gasteiger partial charge in [0.2, 0.25) is 0 Å². The minimum atomic E-state index is -0.110. The third-order valence-corrected chi connectivity index (χ3v) is 10.6. The third-order valence-electron chi connectivity index (χ3n) is 10.6. The normalized spacial score (nSPS) is 13.9. The Labute approximate surface area is 291 Å². The van der Waals surface area contributed by atoms with Gasteiger partial charge in [0.05, 0.1) is 5.69 Å². The van der Waals surface area contributed by atoms with Gasteiger partial charge in [0.1, 0.15) is 5.58 Å². The first-order valence-corrected chi connectivity index (χ1v) is 17.5. The van der Waals surface area contributed by atoms with E-state index in [-0.39, 0.29) is 16.2 Å². The molecule has 0 amide bonds. The summed E-state index contributed by atoms with van der Waals surface area (Å²) in [6, 6.07) is 46.7. The number of fused-ring (bicyclic) bond motifs is 6. The Bertz CT molecular complexity index is 2360. The number of furan rings is 1. The molecule has 1 aromatic heterocycles. The quantitative estimate of drug-likeness (QED) is 0.191. The Kier molecular flexibility index (Phi) is 6.99. The van der Waals surface area contributed by atoms with Gasteiger partial charge in [0.15, 0.2) is 5.58 Å². The molecule has 0 saturated heterocycles. The molecule has 0 N–H and O–H groups in total. The van der Waals surface area contributed by atoms with Crippen LogP contribution in [0.15, 0.2) is 132 Å². The molecule has 49 heavy (non-hydrogen) atoms. The van der Waals surface area contributed by atoms with Gasteiger partial charge in [-0.15, -0.1) is 0 Å². The Morgan fingerprint density at radius 3 is 1.92 bits per heavy atom. The van der Waals surface area contributed by atoms with Gasteiger partial charge in [-0.3, -0.25) is 0 Å². The number of hydrogen-bond donors (Lipinski definition) is 0. The van der Waals surface area contributed by atoms with Crippen molar-refractivity contribution in [1.82, 2.24) is 0 Å². The van der Waals surface area contributed by atoms with Crippen LogP contribution < -0.4 is 4.90 Å². The maximum Gasteiger partial charge on any atom is 0.159 e. The van der Waals surface area contributed by atoms with E-state index in [1.165, 1.54) is 49.9 Å². The summed E-state index contributed by atoms with van der Waals surface area (Å²) in [6.45, 7) is 18.5. The fourth-order valence-electron chi connectivity index (χ4n) is 7.81. The van der Waals surface area contributed by atoms with Crippen molar-refractivity contribution in [2.24, 2.45) is 0 Å². The van der Waals surface area contributed by atoms with Crippen molar-refractivity contribution < 1.29 is 4.42 Å². The van der Waals surface area contributed by atoms with E-state index < -0.39 is 0 Å². The predicted octanol–water partition coefficient (Wildman–Crippen LogP) is 13.6. The molecule has 0 spiro atoms. The molecular formula is C47H45NO. The van der Waals surface area contributed by atoms with Gasteiger partial charge in [-0.1, -0.05) is 146 Å². The minimum Gasteiger partial charge on any atom is -0.454 e. The van der Waals surface area contributed by atoms with Crippen LogP contribution in [0.25, 0.3) is 44.2 Å². The maximum atomic E-state index is 7.01. The molecule has 1 aliphatic rings. The van der Waals surface area contributed by atoms with Crippen LogP contribution >= 0.6 is 0 Å². The van der Waals surface area contributed by atoms with Gasteiger partial charge in [-0.05, 0) is 91.7 Å². The summed E-state index contributed by atoms with van der Waals surface area (Å²) in [7, 11) is 0. The largest absolute Gasteiger partial charge is 0.454 e. The van der Waals surface area contributed by atoms with Crippen molar-refractivity contribution in [1.29, 1.82) is 0 Å². The smallest absolute Gasteiger partial charge is 0.159 e. The topological polar surface area (TPSA) is 16.4 Å². The van der Waals surface area contributed by atoms with Crippen LogP contribution in [0.2, 0.25) is 0 Å². The Balaban J connectivity index is 1.38. The molecule has 1 heterocycles. The van der Waals surface area contributed by atoms with Crippen molar-refractivity contribution in [2.75, 3.05) is 4.90 Å². The molecule has 0 saturated carbocycles. The van der Waals surface area contributed by atoms with Crippen molar-refractivity contribution in [3.05, 3.63) is 150 Å². The number of hydrogen-bond acceptors (Lipinski definition) is 2. The molecule has 0 bridgehead atoms. The molecular weight excluding hydrogens is 595 g/mol. The molecule has 244 valence electrons. The molecule has 2 nitrogen and oxygen atoms in total.